The fourth-order valence-electron chi connectivity index (χ4n) is 2.05. The maximum Gasteiger partial charge on any atom is 0.408 e. The summed E-state index contributed by atoms with van der Waals surface area (Å²) >= 11 is 0. The van der Waals surface area contributed by atoms with Crippen LogP contribution in [0.15, 0.2) is 30.3 Å². The minimum atomic E-state index is -3.52. The van der Waals surface area contributed by atoms with Crippen molar-refractivity contribution in [1.29, 1.82) is 0 Å². The largest absolute Gasteiger partial charge is 0.444 e. The van der Waals surface area contributed by atoms with E-state index < -0.39 is 37.3 Å². The van der Waals surface area contributed by atoms with Crippen molar-refractivity contribution in [2.24, 2.45) is 0 Å². The number of hydrogen-bond acceptors (Lipinski definition) is 6. The van der Waals surface area contributed by atoms with E-state index >= 15 is 0 Å². The molecule has 0 spiro atoms. The third-order valence-corrected chi connectivity index (χ3v) is 5.08. The highest BCUT2D eigenvalue weighted by atomic mass is 31.2. The molecule has 1 unspecified atom stereocenters. The highest BCUT2D eigenvalue weighted by molar-refractivity contribution is 7.54. The fourth-order valence-corrected chi connectivity index (χ4v) is 3.06. The van der Waals surface area contributed by atoms with Gasteiger partial charge < -0.3 is 19.1 Å². The Kier molecular flexibility index (Phi) is 7.80. The summed E-state index contributed by atoms with van der Waals surface area (Å²) in [7, 11) is -1.10. The van der Waals surface area contributed by atoms with E-state index in [9.17, 15) is 14.2 Å². The molecule has 0 saturated carbocycles. The zero-order valence-electron chi connectivity index (χ0n) is 15.3. The van der Waals surface area contributed by atoms with Crippen LogP contribution in [0.5, 0.6) is 0 Å². The quantitative estimate of drug-likeness (QED) is 0.706. The van der Waals surface area contributed by atoms with Gasteiger partial charge in [-0.3, -0.25) is 9.36 Å². The molecular formula is C17H26NO6P. The summed E-state index contributed by atoms with van der Waals surface area (Å²) in [5.74, 6) is -0.457. The van der Waals surface area contributed by atoms with Crippen molar-refractivity contribution < 1.29 is 27.9 Å². The lowest BCUT2D eigenvalue weighted by molar-refractivity contribution is -0.118. The molecule has 140 valence electrons. The molecule has 8 heteroatoms. The number of Topliss-reactive ketones (excluding diaryl/α,β-unsaturated/α-hetero) is 1. The molecule has 25 heavy (non-hydrogen) atoms. The number of alkyl carbamates (subject to hydrolysis) is 1. The number of benzene rings is 1. The van der Waals surface area contributed by atoms with Gasteiger partial charge in [0.2, 0.25) is 0 Å². The number of amides is 1. The number of hydrogen-bond donors (Lipinski definition) is 1. The van der Waals surface area contributed by atoms with Crippen LogP contribution >= 0.6 is 7.60 Å². The van der Waals surface area contributed by atoms with Gasteiger partial charge >= 0.3 is 13.7 Å². The highest BCUT2D eigenvalue weighted by Crippen LogP contribution is 2.46. The van der Waals surface area contributed by atoms with Crippen molar-refractivity contribution in [3.63, 3.8) is 0 Å². The van der Waals surface area contributed by atoms with Gasteiger partial charge in [0.1, 0.15) is 11.8 Å². The molecule has 1 N–H and O–H groups in total. The third kappa shape index (κ3) is 7.82. The molecule has 0 bridgehead atoms. The minimum Gasteiger partial charge on any atom is -0.444 e. The van der Waals surface area contributed by atoms with E-state index in [-0.39, 0.29) is 6.42 Å². The Labute approximate surface area is 148 Å². The monoisotopic (exact) mass is 371 g/mol. The van der Waals surface area contributed by atoms with Gasteiger partial charge in [-0.2, -0.15) is 0 Å². The van der Waals surface area contributed by atoms with Crippen molar-refractivity contribution in [3.8, 4) is 0 Å². The van der Waals surface area contributed by atoms with Crippen molar-refractivity contribution in [3.05, 3.63) is 35.9 Å². The summed E-state index contributed by atoms with van der Waals surface area (Å²) in [5, 5.41) is 2.55. The number of nitrogens with one attached hydrogen (secondary N) is 1. The van der Waals surface area contributed by atoms with Crippen LogP contribution in [-0.2, 0) is 29.6 Å². The Bertz CT molecular complexity index is 618. The maximum absolute atomic E-state index is 12.6. The molecule has 1 aromatic rings. The van der Waals surface area contributed by atoms with Crippen LogP contribution in [0.3, 0.4) is 0 Å². The first kappa shape index (κ1) is 21.4. The molecule has 7 nitrogen and oxygen atoms in total. The summed E-state index contributed by atoms with van der Waals surface area (Å²) in [6, 6.07) is 8.29. The van der Waals surface area contributed by atoms with Gasteiger partial charge in [-0.15, -0.1) is 0 Å². The average Bonchev–Trinajstić information content (AvgIpc) is 2.53. The highest BCUT2D eigenvalue weighted by Gasteiger charge is 2.32. The molecule has 0 aliphatic heterocycles. The second-order valence-corrected chi connectivity index (χ2v) is 8.76. The van der Waals surface area contributed by atoms with Gasteiger partial charge in [0.25, 0.3) is 0 Å². The Hall–Kier alpha value is -1.69. The van der Waals surface area contributed by atoms with E-state index in [1.807, 2.05) is 30.3 Å². The molecule has 0 fully saturated rings. The Morgan fingerprint density at radius 1 is 1.12 bits per heavy atom. The van der Waals surface area contributed by atoms with Gasteiger partial charge in [0, 0.05) is 14.2 Å². The van der Waals surface area contributed by atoms with Crippen LogP contribution in [0.25, 0.3) is 0 Å². The first-order valence-electron chi connectivity index (χ1n) is 7.85. The molecule has 0 saturated heterocycles. The summed E-state index contributed by atoms with van der Waals surface area (Å²) in [4.78, 5) is 24.6. The maximum atomic E-state index is 12.6. The summed E-state index contributed by atoms with van der Waals surface area (Å²) < 4.78 is 27.1. The first-order chi connectivity index (χ1) is 11.6. The van der Waals surface area contributed by atoms with E-state index in [2.05, 4.69) is 5.32 Å². The SMILES string of the molecule is COP(=O)(CC(=O)C(Cc1ccccc1)NC(=O)OC(C)(C)C)OC. The molecule has 0 radical (unpaired) electrons. The Morgan fingerprint density at radius 2 is 1.68 bits per heavy atom. The molecule has 0 aliphatic carbocycles. The van der Waals surface area contributed by atoms with Crippen LogP contribution in [0, 0.1) is 0 Å². The summed E-state index contributed by atoms with van der Waals surface area (Å²) in [6.45, 7) is 5.18. The normalized spacial score (nSPS) is 13.2. The van der Waals surface area contributed by atoms with Crippen molar-refractivity contribution >= 4 is 19.5 Å². The minimum absolute atomic E-state index is 0.242. The average molecular weight is 371 g/mol. The van der Waals surface area contributed by atoms with Gasteiger partial charge in [0.05, 0.1) is 6.04 Å². The van der Waals surface area contributed by atoms with Crippen LogP contribution in [-0.4, -0.2) is 43.9 Å². The molecule has 0 heterocycles. The molecule has 0 aromatic heterocycles. The van der Waals surface area contributed by atoms with Gasteiger partial charge in [-0.05, 0) is 32.8 Å². The smallest absolute Gasteiger partial charge is 0.408 e. The second kappa shape index (κ2) is 9.13. The van der Waals surface area contributed by atoms with Crippen LogP contribution in [0.1, 0.15) is 26.3 Å². The fraction of sp³-hybridized carbons (Fsp3) is 0.529. The van der Waals surface area contributed by atoms with E-state index in [1.165, 1.54) is 14.2 Å². The number of carbonyl (C=O) groups is 2. The number of rotatable bonds is 8. The molecule has 0 aliphatic rings. The molecular weight excluding hydrogens is 345 g/mol. The van der Waals surface area contributed by atoms with Crippen molar-refractivity contribution in [2.75, 3.05) is 20.4 Å². The number of ketones is 1. The Morgan fingerprint density at radius 3 is 2.16 bits per heavy atom. The molecule has 1 amide bonds. The molecule has 1 atom stereocenters. The van der Waals surface area contributed by atoms with Crippen LogP contribution < -0.4 is 5.32 Å². The summed E-state index contributed by atoms with van der Waals surface area (Å²) in [6.07, 6.45) is -0.911. The number of carbonyl (C=O) groups excluding carboxylic acids is 2. The van der Waals surface area contributed by atoms with E-state index in [1.54, 1.807) is 20.8 Å². The van der Waals surface area contributed by atoms with Gasteiger partial charge in [0.15, 0.2) is 5.78 Å². The third-order valence-electron chi connectivity index (χ3n) is 3.27. The summed E-state index contributed by atoms with van der Waals surface area (Å²) in [5.41, 5.74) is 0.153. The Balaban J connectivity index is 2.92. The molecule has 1 aromatic carbocycles. The molecule has 1 rings (SSSR count). The topological polar surface area (TPSA) is 90.9 Å². The second-order valence-electron chi connectivity index (χ2n) is 6.49. The van der Waals surface area contributed by atoms with Crippen molar-refractivity contribution in [2.45, 2.75) is 38.8 Å². The van der Waals surface area contributed by atoms with Gasteiger partial charge in [-0.25, -0.2) is 4.79 Å². The van der Waals surface area contributed by atoms with E-state index in [4.69, 9.17) is 13.8 Å². The number of ether oxygens (including phenoxy) is 1. The lowest BCUT2D eigenvalue weighted by atomic mass is 10.0. The van der Waals surface area contributed by atoms with Crippen molar-refractivity contribution in [1.82, 2.24) is 5.32 Å². The lowest BCUT2D eigenvalue weighted by Gasteiger charge is -2.24. The predicted octanol–water partition coefficient (Wildman–Crippen LogP) is 3.18. The lowest BCUT2D eigenvalue weighted by Crippen LogP contribution is -2.45. The first-order valence-corrected chi connectivity index (χ1v) is 9.58. The zero-order chi connectivity index (χ0) is 19.1. The van der Waals surface area contributed by atoms with Gasteiger partial charge in [-0.1, -0.05) is 30.3 Å². The predicted molar refractivity (Wildman–Crippen MR) is 94.8 cm³/mol. The van der Waals surface area contributed by atoms with Crippen LogP contribution in [0.2, 0.25) is 0 Å². The van der Waals surface area contributed by atoms with Crippen LogP contribution in [0.4, 0.5) is 4.79 Å². The zero-order valence-corrected chi connectivity index (χ0v) is 16.2. The standard InChI is InChI=1S/C17H26NO6P/c1-17(2,3)24-16(20)18-14(11-13-9-7-6-8-10-13)15(19)12-25(21,22-4)23-5/h6-10,14H,11-12H2,1-5H3,(H,18,20). The van der Waals surface area contributed by atoms with E-state index in [0.717, 1.165) is 5.56 Å². The van der Waals surface area contributed by atoms with E-state index in [0.29, 0.717) is 0 Å².